The number of hydrogen-bond acceptors (Lipinski definition) is 3. The van der Waals surface area contributed by atoms with Crippen LogP contribution >= 0.6 is 12.2 Å². The van der Waals surface area contributed by atoms with Gasteiger partial charge in [-0.2, -0.15) is 5.26 Å². The number of thiocarbonyl (C=S) groups is 1. The van der Waals surface area contributed by atoms with E-state index in [9.17, 15) is 0 Å². The molecule has 1 atom stereocenters. The highest BCUT2D eigenvalue weighted by Gasteiger charge is 2.34. The molecule has 1 aliphatic rings. The highest BCUT2D eigenvalue weighted by molar-refractivity contribution is 7.80. The molecule has 2 aromatic carbocycles. The molecular formula is C21H23N3OS. The van der Waals surface area contributed by atoms with E-state index in [1.54, 1.807) is 0 Å². The molecular weight excluding hydrogens is 342 g/mol. The van der Waals surface area contributed by atoms with Crippen molar-refractivity contribution < 1.29 is 4.74 Å². The third-order valence-electron chi connectivity index (χ3n) is 4.43. The average Bonchev–Trinajstić information content (AvgIpc) is 2.55. The Labute approximate surface area is 160 Å². The van der Waals surface area contributed by atoms with Crippen LogP contribution in [0.25, 0.3) is 0 Å². The SMILES string of the molecule is Cc1ccc2c(c1)OC(C)(C)C[C@@H]2NC(=S)Nc1ccc(CC#N)cc1. The summed E-state index contributed by atoms with van der Waals surface area (Å²) >= 11 is 5.52. The number of nitrogens with one attached hydrogen (secondary N) is 2. The minimum Gasteiger partial charge on any atom is -0.487 e. The predicted molar refractivity (Wildman–Crippen MR) is 108 cm³/mol. The first-order chi connectivity index (χ1) is 12.4. The summed E-state index contributed by atoms with van der Waals surface area (Å²) in [7, 11) is 0. The Morgan fingerprint density at radius 3 is 2.69 bits per heavy atom. The zero-order valence-corrected chi connectivity index (χ0v) is 16.1. The van der Waals surface area contributed by atoms with Crippen molar-refractivity contribution >= 4 is 23.0 Å². The zero-order chi connectivity index (χ0) is 18.7. The van der Waals surface area contributed by atoms with Gasteiger partial charge in [-0.15, -0.1) is 0 Å². The molecule has 2 N–H and O–H groups in total. The molecule has 0 amide bonds. The molecule has 2 aromatic rings. The number of nitriles is 1. The van der Waals surface area contributed by atoms with Gasteiger partial charge in [0.1, 0.15) is 11.4 Å². The summed E-state index contributed by atoms with van der Waals surface area (Å²) < 4.78 is 6.14. The van der Waals surface area contributed by atoms with Gasteiger partial charge in [0.25, 0.3) is 0 Å². The molecule has 1 aliphatic heterocycles. The predicted octanol–water partition coefficient (Wildman–Crippen LogP) is 4.65. The number of anilines is 1. The van der Waals surface area contributed by atoms with E-state index >= 15 is 0 Å². The Kier molecular flexibility index (Phi) is 5.15. The van der Waals surface area contributed by atoms with Crippen LogP contribution in [0.15, 0.2) is 42.5 Å². The van der Waals surface area contributed by atoms with Crippen LogP contribution in [0.5, 0.6) is 5.75 Å². The van der Waals surface area contributed by atoms with Crippen LogP contribution in [-0.4, -0.2) is 10.7 Å². The van der Waals surface area contributed by atoms with Crippen LogP contribution in [0, 0.1) is 18.3 Å². The van der Waals surface area contributed by atoms with Gasteiger partial charge >= 0.3 is 0 Å². The topological polar surface area (TPSA) is 57.1 Å². The second-order valence-electron chi connectivity index (χ2n) is 7.29. The lowest BCUT2D eigenvalue weighted by atomic mass is 9.89. The number of rotatable bonds is 3. The number of benzene rings is 2. The standard InChI is InChI=1S/C21H23N3OS/c1-14-4-9-17-18(13-21(2,3)25-19(17)12-14)24-20(26)23-16-7-5-15(6-8-16)10-11-22/h4-9,12,18H,10,13H2,1-3H3,(H2,23,24,26)/t18-/m0/s1. The van der Waals surface area contributed by atoms with Gasteiger partial charge in [0.2, 0.25) is 0 Å². The lowest BCUT2D eigenvalue weighted by Gasteiger charge is -2.38. The van der Waals surface area contributed by atoms with Crippen LogP contribution < -0.4 is 15.4 Å². The van der Waals surface area contributed by atoms with Gasteiger partial charge in [-0.1, -0.05) is 24.3 Å². The van der Waals surface area contributed by atoms with Gasteiger partial charge in [0.05, 0.1) is 18.5 Å². The van der Waals surface area contributed by atoms with Crippen LogP contribution in [0.3, 0.4) is 0 Å². The summed E-state index contributed by atoms with van der Waals surface area (Å²) in [6.07, 6.45) is 1.24. The van der Waals surface area contributed by atoms with E-state index in [0.29, 0.717) is 11.5 Å². The van der Waals surface area contributed by atoms with Gasteiger partial charge in [0.15, 0.2) is 5.11 Å². The number of hydrogen-bond donors (Lipinski definition) is 2. The summed E-state index contributed by atoms with van der Waals surface area (Å²) in [5.41, 5.74) is 3.95. The van der Waals surface area contributed by atoms with E-state index < -0.39 is 0 Å². The van der Waals surface area contributed by atoms with Crippen molar-refractivity contribution in [2.75, 3.05) is 5.32 Å². The fourth-order valence-electron chi connectivity index (χ4n) is 3.21. The third kappa shape index (κ3) is 4.33. The van der Waals surface area contributed by atoms with Crippen LogP contribution in [0.1, 0.15) is 43.0 Å². The normalized spacial score (nSPS) is 17.4. The minimum absolute atomic E-state index is 0.0900. The lowest BCUT2D eigenvalue weighted by molar-refractivity contribution is 0.0696. The molecule has 0 bridgehead atoms. The first-order valence-corrected chi connectivity index (χ1v) is 9.10. The lowest BCUT2D eigenvalue weighted by Crippen LogP contribution is -2.42. The van der Waals surface area contributed by atoms with E-state index in [0.717, 1.165) is 29.0 Å². The molecule has 1 heterocycles. The number of aryl methyl sites for hydroxylation is 1. The van der Waals surface area contributed by atoms with Crippen LogP contribution in [-0.2, 0) is 6.42 Å². The molecule has 26 heavy (non-hydrogen) atoms. The van der Waals surface area contributed by atoms with Crippen molar-refractivity contribution in [1.29, 1.82) is 5.26 Å². The first kappa shape index (κ1) is 18.2. The number of nitrogens with zero attached hydrogens (tertiary/aromatic N) is 1. The molecule has 0 saturated heterocycles. The molecule has 0 unspecified atom stereocenters. The summed E-state index contributed by atoms with van der Waals surface area (Å²) in [5, 5.41) is 16.0. The molecule has 3 rings (SSSR count). The van der Waals surface area contributed by atoms with Gasteiger partial charge in [-0.05, 0) is 62.3 Å². The molecule has 0 radical (unpaired) electrons. The molecule has 0 spiro atoms. The fraction of sp³-hybridized carbons (Fsp3) is 0.333. The summed E-state index contributed by atoms with van der Waals surface area (Å²) in [6, 6.07) is 16.3. The minimum atomic E-state index is -0.257. The smallest absolute Gasteiger partial charge is 0.171 e. The molecule has 0 fully saturated rings. The maximum atomic E-state index is 8.75. The van der Waals surface area contributed by atoms with E-state index in [2.05, 4.69) is 55.7 Å². The van der Waals surface area contributed by atoms with Gasteiger partial charge in [0, 0.05) is 17.7 Å². The molecule has 0 aliphatic carbocycles. The molecule has 0 aromatic heterocycles. The van der Waals surface area contributed by atoms with Crippen LogP contribution in [0.2, 0.25) is 0 Å². The number of fused-ring (bicyclic) bond motifs is 1. The van der Waals surface area contributed by atoms with Crippen molar-refractivity contribution in [3.8, 4) is 11.8 Å². The Bertz CT molecular complexity index is 853. The second-order valence-corrected chi connectivity index (χ2v) is 7.70. The highest BCUT2D eigenvalue weighted by atomic mass is 32.1. The Morgan fingerprint density at radius 2 is 2.00 bits per heavy atom. The van der Waals surface area contributed by atoms with Gasteiger partial charge in [-0.3, -0.25) is 0 Å². The third-order valence-corrected chi connectivity index (χ3v) is 4.65. The maximum absolute atomic E-state index is 8.75. The molecule has 4 nitrogen and oxygen atoms in total. The number of ether oxygens (including phenoxy) is 1. The van der Waals surface area contributed by atoms with E-state index in [1.165, 1.54) is 5.56 Å². The summed E-state index contributed by atoms with van der Waals surface area (Å²) in [4.78, 5) is 0. The molecule has 5 heteroatoms. The zero-order valence-electron chi connectivity index (χ0n) is 15.3. The van der Waals surface area contributed by atoms with Crippen LogP contribution in [0.4, 0.5) is 5.69 Å². The van der Waals surface area contributed by atoms with Gasteiger partial charge in [-0.25, -0.2) is 0 Å². The van der Waals surface area contributed by atoms with Crippen molar-refractivity contribution in [2.45, 2.75) is 45.3 Å². The van der Waals surface area contributed by atoms with Crippen molar-refractivity contribution in [3.63, 3.8) is 0 Å². The fourth-order valence-corrected chi connectivity index (χ4v) is 3.47. The van der Waals surface area contributed by atoms with Crippen molar-refractivity contribution in [1.82, 2.24) is 5.32 Å². The highest BCUT2D eigenvalue weighted by Crippen LogP contribution is 2.39. The second kappa shape index (κ2) is 7.35. The van der Waals surface area contributed by atoms with E-state index in [-0.39, 0.29) is 11.6 Å². The van der Waals surface area contributed by atoms with Crippen molar-refractivity contribution in [3.05, 3.63) is 59.2 Å². The Morgan fingerprint density at radius 1 is 1.27 bits per heavy atom. The van der Waals surface area contributed by atoms with E-state index in [1.807, 2.05) is 24.3 Å². The Balaban J connectivity index is 1.72. The summed E-state index contributed by atoms with van der Waals surface area (Å²) in [6.45, 7) is 6.25. The van der Waals surface area contributed by atoms with Crippen molar-refractivity contribution in [2.24, 2.45) is 0 Å². The van der Waals surface area contributed by atoms with E-state index in [4.69, 9.17) is 22.2 Å². The molecule has 0 saturated carbocycles. The Hall–Kier alpha value is -2.58. The monoisotopic (exact) mass is 365 g/mol. The summed E-state index contributed by atoms with van der Waals surface area (Å²) in [5.74, 6) is 0.919. The maximum Gasteiger partial charge on any atom is 0.171 e. The molecule has 134 valence electrons. The first-order valence-electron chi connectivity index (χ1n) is 8.69. The van der Waals surface area contributed by atoms with Gasteiger partial charge < -0.3 is 15.4 Å². The largest absolute Gasteiger partial charge is 0.487 e. The average molecular weight is 366 g/mol. The quantitative estimate of drug-likeness (QED) is 0.776.